The lowest BCUT2D eigenvalue weighted by atomic mass is 10.0. The molecule has 24 heavy (non-hydrogen) atoms. The Hall–Kier alpha value is -1.61. The van der Waals surface area contributed by atoms with Gasteiger partial charge in [-0.2, -0.15) is 0 Å². The number of unbranched alkanes of at least 4 members (excludes halogenated alkanes) is 1. The number of ether oxygens (including phenoxy) is 1. The van der Waals surface area contributed by atoms with Gasteiger partial charge in [0.2, 0.25) is 5.88 Å². The Balaban J connectivity index is 2.22. The number of fused-ring (bicyclic) bond motifs is 1. The Kier molecular flexibility index (Phi) is 7.04. The maximum absolute atomic E-state index is 6.21. The Bertz CT molecular complexity index is 637. The minimum atomic E-state index is 0.407. The van der Waals surface area contributed by atoms with Crippen molar-refractivity contribution in [3.05, 3.63) is 36.0 Å². The summed E-state index contributed by atoms with van der Waals surface area (Å²) in [5.74, 6) is 1.44. The molecule has 1 unspecified atom stereocenters. The number of hydrogen-bond donors (Lipinski definition) is 0. The molecule has 0 spiro atoms. The summed E-state index contributed by atoms with van der Waals surface area (Å²) < 4.78 is 6.21. The van der Waals surface area contributed by atoms with Gasteiger partial charge in [-0.3, -0.25) is 0 Å². The summed E-state index contributed by atoms with van der Waals surface area (Å²) in [5, 5.41) is 2.33. The number of benzene rings is 1. The molecule has 0 aliphatic heterocycles. The molecule has 2 aromatic rings. The zero-order valence-electron chi connectivity index (χ0n) is 15.9. The van der Waals surface area contributed by atoms with Crippen LogP contribution in [0.4, 0.5) is 0 Å². The minimum absolute atomic E-state index is 0.407. The molecule has 132 valence electrons. The Labute approximate surface area is 147 Å². The Morgan fingerprint density at radius 3 is 2.58 bits per heavy atom. The summed E-state index contributed by atoms with van der Waals surface area (Å²) in [7, 11) is 4.25. The lowest BCUT2D eigenvalue weighted by Gasteiger charge is -2.26. The number of hydrogen-bond acceptors (Lipinski definition) is 3. The highest BCUT2D eigenvalue weighted by Gasteiger charge is 2.16. The molecule has 0 fully saturated rings. The molecular weight excluding hydrogens is 296 g/mol. The van der Waals surface area contributed by atoms with Crippen LogP contribution in [0.3, 0.4) is 0 Å². The molecule has 0 amide bonds. The number of aryl methyl sites for hydroxylation is 1. The van der Waals surface area contributed by atoms with Gasteiger partial charge in [0.05, 0.1) is 0 Å². The smallest absolute Gasteiger partial charge is 0.221 e. The average Bonchev–Trinajstić information content (AvgIpc) is 2.55. The summed E-state index contributed by atoms with van der Waals surface area (Å²) in [4.78, 5) is 7.06. The number of aromatic nitrogens is 1. The zero-order valence-corrected chi connectivity index (χ0v) is 15.9. The number of rotatable bonds is 9. The van der Waals surface area contributed by atoms with Gasteiger partial charge in [0.25, 0.3) is 0 Å². The van der Waals surface area contributed by atoms with E-state index < -0.39 is 0 Å². The lowest BCUT2D eigenvalue weighted by molar-refractivity contribution is 0.162. The maximum Gasteiger partial charge on any atom is 0.221 e. The van der Waals surface area contributed by atoms with Crippen LogP contribution in [0, 0.1) is 5.92 Å². The maximum atomic E-state index is 6.21. The molecule has 1 atom stereocenters. The first kappa shape index (κ1) is 18.7. The van der Waals surface area contributed by atoms with Crippen LogP contribution in [0.5, 0.6) is 5.88 Å². The predicted molar refractivity (Wildman–Crippen MR) is 103 cm³/mol. The summed E-state index contributed by atoms with van der Waals surface area (Å²) in [6, 6.07) is 11.0. The van der Waals surface area contributed by atoms with Crippen molar-refractivity contribution in [1.82, 2.24) is 9.88 Å². The number of likely N-dealkylation sites (N-methyl/N-ethyl adjacent to an activating group) is 1. The monoisotopic (exact) mass is 328 g/mol. The quantitative estimate of drug-likeness (QED) is 0.652. The van der Waals surface area contributed by atoms with Gasteiger partial charge < -0.3 is 9.64 Å². The number of pyridine rings is 1. The van der Waals surface area contributed by atoms with Gasteiger partial charge in [-0.25, -0.2) is 4.98 Å². The third-order valence-electron chi connectivity index (χ3n) is 4.43. The van der Waals surface area contributed by atoms with Crippen molar-refractivity contribution in [2.75, 3.05) is 20.7 Å². The first-order chi connectivity index (χ1) is 11.5. The van der Waals surface area contributed by atoms with Crippen molar-refractivity contribution in [1.29, 1.82) is 0 Å². The summed E-state index contributed by atoms with van der Waals surface area (Å²) >= 11 is 0. The fourth-order valence-electron chi connectivity index (χ4n) is 2.96. The van der Waals surface area contributed by atoms with E-state index in [4.69, 9.17) is 9.72 Å². The van der Waals surface area contributed by atoms with Gasteiger partial charge in [0.15, 0.2) is 0 Å². The van der Waals surface area contributed by atoms with Crippen LogP contribution in [0.15, 0.2) is 30.3 Å². The fourth-order valence-corrected chi connectivity index (χ4v) is 2.96. The predicted octanol–water partition coefficient (Wildman–Crippen LogP) is 4.93. The second-order valence-corrected chi connectivity index (χ2v) is 7.30. The van der Waals surface area contributed by atoms with Crippen molar-refractivity contribution in [2.45, 2.75) is 52.5 Å². The zero-order chi connectivity index (χ0) is 17.5. The molecule has 2 rings (SSSR count). The molecule has 0 aliphatic carbocycles. The van der Waals surface area contributed by atoms with Gasteiger partial charge in [-0.15, -0.1) is 0 Å². The van der Waals surface area contributed by atoms with Crippen LogP contribution in [0.1, 0.15) is 45.7 Å². The highest BCUT2D eigenvalue weighted by Crippen LogP contribution is 2.26. The highest BCUT2D eigenvalue weighted by atomic mass is 16.5. The van der Waals surface area contributed by atoms with Crippen LogP contribution in [-0.2, 0) is 6.42 Å². The molecule has 0 N–H and O–H groups in total. The molecule has 3 heteroatoms. The first-order valence-electron chi connectivity index (χ1n) is 9.19. The van der Waals surface area contributed by atoms with Crippen molar-refractivity contribution in [3.8, 4) is 5.88 Å². The van der Waals surface area contributed by atoms with Gasteiger partial charge in [0.1, 0.15) is 6.61 Å². The van der Waals surface area contributed by atoms with Crippen LogP contribution >= 0.6 is 0 Å². The van der Waals surface area contributed by atoms with E-state index in [9.17, 15) is 0 Å². The van der Waals surface area contributed by atoms with Crippen molar-refractivity contribution in [3.63, 3.8) is 0 Å². The van der Waals surface area contributed by atoms with E-state index in [1.54, 1.807) is 0 Å². The first-order valence-corrected chi connectivity index (χ1v) is 9.19. The standard InChI is InChI=1S/C21H32N2O/c1-6-7-11-18-14-17-10-8-9-12-20(17)21(22-18)24-15-19(23(4)5)13-16(2)3/h8-10,12,14,16,19H,6-7,11,13,15H2,1-5H3. The third-order valence-corrected chi connectivity index (χ3v) is 4.43. The van der Waals surface area contributed by atoms with E-state index in [0.29, 0.717) is 18.6 Å². The van der Waals surface area contributed by atoms with E-state index >= 15 is 0 Å². The second-order valence-electron chi connectivity index (χ2n) is 7.30. The lowest BCUT2D eigenvalue weighted by Crippen LogP contribution is -2.35. The Morgan fingerprint density at radius 1 is 1.17 bits per heavy atom. The molecule has 0 bridgehead atoms. The Morgan fingerprint density at radius 2 is 1.92 bits per heavy atom. The van der Waals surface area contributed by atoms with E-state index in [0.717, 1.165) is 29.8 Å². The summed E-state index contributed by atoms with van der Waals surface area (Å²) in [6.07, 6.45) is 4.49. The van der Waals surface area contributed by atoms with Gasteiger partial charge in [-0.1, -0.05) is 45.4 Å². The van der Waals surface area contributed by atoms with E-state index in [1.807, 2.05) is 0 Å². The molecular formula is C21H32N2O. The van der Waals surface area contributed by atoms with E-state index in [-0.39, 0.29) is 0 Å². The van der Waals surface area contributed by atoms with Crippen LogP contribution in [0.25, 0.3) is 10.8 Å². The molecule has 0 radical (unpaired) electrons. The van der Waals surface area contributed by atoms with Crippen molar-refractivity contribution >= 4 is 10.8 Å². The number of nitrogens with zero attached hydrogens (tertiary/aromatic N) is 2. The van der Waals surface area contributed by atoms with E-state index in [2.05, 4.69) is 70.1 Å². The average molecular weight is 328 g/mol. The fraction of sp³-hybridized carbons (Fsp3) is 0.571. The topological polar surface area (TPSA) is 25.4 Å². The third kappa shape index (κ3) is 5.20. The normalized spacial score (nSPS) is 13.0. The molecule has 0 saturated heterocycles. The van der Waals surface area contributed by atoms with Gasteiger partial charge >= 0.3 is 0 Å². The summed E-state index contributed by atoms with van der Waals surface area (Å²) in [6.45, 7) is 7.41. The second kappa shape index (κ2) is 9.03. The molecule has 1 aromatic heterocycles. The molecule has 1 aromatic carbocycles. The van der Waals surface area contributed by atoms with Gasteiger partial charge in [0, 0.05) is 17.1 Å². The minimum Gasteiger partial charge on any atom is -0.476 e. The molecule has 3 nitrogen and oxygen atoms in total. The van der Waals surface area contributed by atoms with Crippen molar-refractivity contribution in [2.24, 2.45) is 5.92 Å². The molecule has 1 heterocycles. The highest BCUT2D eigenvalue weighted by molar-refractivity contribution is 5.87. The molecule has 0 saturated carbocycles. The van der Waals surface area contributed by atoms with Gasteiger partial charge in [-0.05, 0) is 56.8 Å². The largest absolute Gasteiger partial charge is 0.476 e. The van der Waals surface area contributed by atoms with Crippen LogP contribution in [0.2, 0.25) is 0 Å². The van der Waals surface area contributed by atoms with Crippen LogP contribution in [-0.4, -0.2) is 36.6 Å². The molecule has 0 aliphatic rings. The van der Waals surface area contributed by atoms with Crippen LogP contribution < -0.4 is 4.74 Å². The SMILES string of the molecule is CCCCc1cc2ccccc2c(OCC(CC(C)C)N(C)C)n1. The van der Waals surface area contributed by atoms with E-state index in [1.165, 1.54) is 18.2 Å². The summed E-state index contributed by atoms with van der Waals surface area (Å²) in [5.41, 5.74) is 1.14. The van der Waals surface area contributed by atoms with Crippen molar-refractivity contribution < 1.29 is 4.74 Å².